The van der Waals surface area contributed by atoms with Crippen molar-refractivity contribution < 1.29 is 14.8 Å². The minimum atomic E-state index is -1.05. The third-order valence-electron chi connectivity index (χ3n) is 2.20. The average Bonchev–Trinajstić information content (AvgIpc) is 2.25. The summed E-state index contributed by atoms with van der Waals surface area (Å²) in [6.45, 7) is 3.44. The summed E-state index contributed by atoms with van der Waals surface area (Å²) >= 11 is 0. The van der Waals surface area contributed by atoms with Crippen molar-refractivity contribution in [2.45, 2.75) is 13.8 Å². The Morgan fingerprint density at radius 1 is 1.59 bits per heavy atom. The molecule has 0 unspecified atom stereocenters. The monoisotopic (exact) mass is 239 g/mol. The lowest BCUT2D eigenvalue weighted by atomic mass is 10.3. The van der Waals surface area contributed by atoms with Crippen molar-refractivity contribution >= 4 is 17.5 Å². The molecule has 0 aliphatic heterocycles. The SMILES string of the molecule is CCN(CC(=O)O)c1nc(C)ccc1[N+](=O)[O-]. The highest BCUT2D eigenvalue weighted by molar-refractivity contribution is 5.74. The number of anilines is 1. The summed E-state index contributed by atoms with van der Waals surface area (Å²) in [6.07, 6.45) is 0. The molecule has 0 atom stereocenters. The molecule has 0 aliphatic rings. The van der Waals surface area contributed by atoms with E-state index in [2.05, 4.69) is 4.98 Å². The first-order valence-electron chi connectivity index (χ1n) is 5.04. The highest BCUT2D eigenvalue weighted by Crippen LogP contribution is 2.25. The van der Waals surface area contributed by atoms with E-state index in [1.807, 2.05) is 0 Å². The average molecular weight is 239 g/mol. The molecular formula is C10H13N3O4. The summed E-state index contributed by atoms with van der Waals surface area (Å²) < 4.78 is 0. The lowest BCUT2D eigenvalue weighted by molar-refractivity contribution is -0.384. The molecule has 0 radical (unpaired) electrons. The number of aliphatic carboxylic acids is 1. The first-order chi connectivity index (χ1) is 7.95. The number of carboxylic acid groups (broad SMARTS) is 1. The Morgan fingerprint density at radius 2 is 2.24 bits per heavy atom. The topological polar surface area (TPSA) is 96.6 Å². The number of likely N-dealkylation sites (N-methyl/N-ethyl adjacent to an activating group) is 1. The normalized spacial score (nSPS) is 10.0. The van der Waals surface area contributed by atoms with E-state index in [1.54, 1.807) is 13.8 Å². The van der Waals surface area contributed by atoms with Gasteiger partial charge in [-0.1, -0.05) is 0 Å². The predicted molar refractivity (Wildman–Crippen MR) is 61.2 cm³/mol. The maximum atomic E-state index is 10.8. The van der Waals surface area contributed by atoms with E-state index in [-0.39, 0.29) is 18.1 Å². The van der Waals surface area contributed by atoms with Crippen LogP contribution in [0.5, 0.6) is 0 Å². The molecule has 7 nitrogen and oxygen atoms in total. The fraction of sp³-hybridized carbons (Fsp3) is 0.400. The maximum Gasteiger partial charge on any atom is 0.323 e. The van der Waals surface area contributed by atoms with Gasteiger partial charge in [0, 0.05) is 18.3 Å². The van der Waals surface area contributed by atoms with Crippen LogP contribution in [0.25, 0.3) is 0 Å². The Kier molecular flexibility index (Phi) is 3.97. The summed E-state index contributed by atoms with van der Waals surface area (Å²) in [5.41, 5.74) is 0.424. The largest absolute Gasteiger partial charge is 0.480 e. The molecule has 7 heteroatoms. The second-order valence-corrected chi connectivity index (χ2v) is 3.46. The Labute approximate surface area is 97.8 Å². The quantitative estimate of drug-likeness (QED) is 0.612. The molecule has 0 aliphatic carbocycles. The summed E-state index contributed by atoms with van der Waals surface area (Å²) in [5, 5.41) is 19.6. The smallest absolute Gasteiger partial charge is 0.323 e. The molecule has 0 saturated carbocycles. The summed E-state index contributed by atoms with van der Waals surface area (Å²) in [6, 6.07) is 2.86. The van der Waals surface area contributed by atoms with Gasteiger partial charge in [0.2, 0.25) is 5.82 Å². The number of pyridine rings is 1. The number of aromatic nitrogens is 1. The molecule has 1 aromatic heterocycles. The van der Waals surface area contributed by atoms with Gasteiger partial charge in [0.25, 0.3) is 0 Å². The van der Waals surface area contributed by atoms with Crippen LogP contribution in [0.1, 0.15) is 12.6 Å². The summed E-state index contributed by atoms with van der Waals surface area (Å²) in [7, 11) is 0. The van der Waals surface area contributed by atoms with Crippen molar-refractivity contribution in [2.75, 3.05) is 18.0 Å². The molecule has 0 amide bonds. The van der Waals surface area contributed by atoms with Crippen molar-refractivity contribution in [2.24, 2.45) is 0 Å². The van der Waals surface area contributed by atoms with E-state index in [0.717, 1.165) is 0 Å². The molecule has 17 heavy (non-hydrogen) atoms. The fourth-order valence-electron chi connectivity index (χ4n) is 1.41. The van der Waals surface area contributed by atoms with Crippen molar-refractivity contribution in [1.29, 1.82) is 0 Å². The number of nitro groups is 1. The number of hydrogen-bond acceptors (Lipinski definition) is 5. The van der Waals surface area contributed by atoms with Crippen molar-refractivity contribution in [3.63, 3.8) is 0 Å². The molecule has 0 fully saturated rings. The molecule has 0 bridgehead atoms. The lowest BCUT2D eigenvalue weighted by Gasteiger charge is -2.19. The van der Waals surface area contributed by atoms with E-state index >= 15 is 0 Å². The zero-order valence-electron chi connectivity index (χ0n) is 9.58. The fourth-order valence-corrected chi connectivity index (χ4v) is 1.41. The standard InChI is InChI=1S/C10H13N3O4/c1-3-12(6-9(14)15)10-8(13(16)17)5-4-7(2)11-10/h4-5H,3,6H2,1-2H3,(H,14,15). The van der Waals surface area contributed by atoms with Crippen LogP contribution >= 0.6 is 0 Å². The predicted octanol–water partition coefficient (Wildman–Crippen LogP) is 1.21. The van der Waals surface area contributed by atoms with Crippen LogP contribution < -0.4 is 4.90 Å². The van der Waals surface area contributed by atoms with Gasteiger partial charge in [-0.2, -0.15) is 0 Å². The van der Waals surface area contributed by atoms with Crippen LogP contribution in [0.15, 0.2) is 12.1 Å². The number of carboxylic acids is 1. The number of carbonyl (C=O) groups is 1. The highest BCUT2D eigenvalue weighted by atomic mass is 16.6. The molecular weight excluding hydrogens is 226 g/mol. The number of rotatable bonds is 5. The van der Waals surface area contributed by atoms with Gasteiger partial charge in [-0.05, 0) is 19.9 Å². The van der Waals surface area contributed by atoms with Crippen molar-refractivity contribution in [1.82, 2.24) is 4.98 Å². The molecule has 1 heterocycles. The molecule has 0 spiro atoms. The van der Waals surface area contributed by atoms with Gasteiger partial charge in [-0.25, -0.2) is 4.98 Å². The van der Waals surface area contributed by atoms with Crippen LogP contribution in [0, 0.1) is 17.0 Å². The Bertz CT molecular complexity index is 447. The first-order valence-corrected chi connectivity index (χ1v) is 5.04. The minimum Gasteiger partial charge on any atom is -0.480 e. The van der Waals surface area contributed by atoms with E-state index < -0.39 is 10.9 Å². The summed E-state index contributed by atoms with van der Waals surface area (Å²) in [4.78, 5) is 26.3. The number of hydrogen-bond donors (Lipinski definition) is 1. The second-order valence-electron chi connectivity index (χ2n) is 3.46. The molecule has 1 N–H and O–H groups in total. The molecule has 0 saturated heterocycles. The molecule has 1 rings (SSSR count). The minimum absolute atomic E-state index is 0.0971. The first kappa shape index (κ1) is 12.9. The third-order valence-corrected chi connectivity index (χ3v) is 2.20. The Hall–Kier alpha value is -2.18. The maximum absolute atomic E-state index is 10.8. The Morgan fingerprint density at radius 3 is 2.71 bits per heavy atom. The van der Waals surface area contributed by atoms with Crippen molar-refractivity contribution in [3.05, 3.63) is 27.9 Å². The van der Waals surface area contributed by atoms with Crippen LogP contribution in [0.3, 0.4) is 0 Å². The second kappa shape index (κ2) is 5.24. The van der Waals surface area contributed by atoms with Gasteiger partial charge in [-0.15, -0.1) is 0 Å². The number of aryl methyl sites for hydroxylation is 1. The van der Waals surface area contributed by atoms with Gasteiger partial charge in [0.1, 0.15) is 6.54 Å². The van der Waals surface area contributed by atoms with Crippen LogP contribution in [-0.4, -0.2) is 34.1 Å². The van der Waals surface area contributed by atoms with E-state index in [4.69, 9.17) is 5.11 Å². The zero-order chi connectivity index (χ0) is 13.0. The van der Waals surface area contributed by atoms with Crippen LogP contribution in [0.4, 0.5) is 11.5 Å². The molecule has 1 aromatic rings. The molecule has 92 valence electrons. The van der Waals surface area contributed by atoms with Gasteiger partial charge in [-0.3, -0.25) is 14.9 Å². The van der Waals surface area contributed by atoms with Gasteiger partial charge < -0.3 is 10.0 Å². The Balaban J connectivity index is 3.20. The lowest BCUT2D eigenvalue weighted by Crippen LogP contribution is -2.30. The van der Waals surface area contributed by atoms with Crippen LogP contribution in [-0.2, 0) is 4.79 Å². The number of nitrogens with zero attached hydrogens (tertiary/aromatic N) is 3. The van der Waals surface area contributed by atoms with E-state index in [1.165, 1.54) is 17.0 Å². The van der Waals surface area contributed by atoms with Crippen LogP contribution in [0.2, 0.25) is 0 Å². The zero-order valence-corrected chi connectivity index (χ0v) is 9.58. The van der Waals surface area contributed by atoms with Gasteiger partial charge in [0.05, 0.1) is 4.92 Å². The van der Waals surface area contributed by atoms with E-state index in [0.29, 0.717) is 12.2 Å². The van der Waals surface area contributed by atoms with Gasteiger partial charge in [0.15, 0.2) is 0 Å². The van der Waals surface area contributed by atoms with Gasteiger partial charge >= 0.3 is 11.7 Å². The highest BCUT2D eigenvalue weighted by Gasteiger charge is 2.21. The summed E-state index contributed by atoms with van der Waals surface area (Å²) in [5.74, 6) is -0.954. The third kappa shape index (κ3) is 3.13. The molecule has 0 aromatic carbocycles. The van der Waals surface area contributed by atoms with E-state index in [9.17, 15) is 14.9 Å². The van der Waals surface area contributed by atoms with Crippen molar-refractivity contribution in [3.8, 4) is 0 Å².